The Labute approximate surface area is 123 Å². The van der Waals surface area contributed by atoms with Crippen LogP contribution in [0.1, 0.15) is 14.5 Å². The molecular weight excluding hydrogens is 270 g/mol. The number of amides is 1. The molecule has 0 fully saturated rings. The van der Waals surface area contributed by atoms with Gasteiger partial charge < -0.3 is 16.0 Å². The van der Waals surface area contributed by atoms with Crippen molar-refractivity contribution >= 4 is 28.6 Å². The van der Waals surface area contributed by atoms with Gasteiger partial charge >= 0.3 is 0 Å². The molecule has 3 N–H and O–H groups in total. The summed E-state index contributed by atoms with van der Waals surface area (Å²) in [4.78, 5) is 15.7. The Morgan fingerprint density at radius 2 is 2.05 bits per heavy atom. The Morgan fingerprint density at radius 3 is 2.65 bits per heavy atom. The third-order valence-corrected chi connectivity index (χ3v) is 4.17. The van der Waals surface area contributed by atoms with Gasteiger partial charge in [0.1, 0.15) is 0 Å². The molecule has 2 aromatic rings. The van der Waals surface area contributed by atoms with Crippen LogP contribution < -0.4 is 16.0 Å². The Kier molecular flexibility index (Phi) is 4.63. The molecule has 0 atom stereocenters. The molecule has 106 valence electrons. The highest BCUT2D eigenvalue weighted by Gasteiger charge is 2.10. The third-order valence-electron chi connectivity index (χ3n) is 3.11. The SMILES string of the molecule is Cc1sc(C(=O)NCCN(C)c2ccccc2)cc1N. The fourth-order valence-electron chi connectivity index (χ4n) is 1.84. The van der Waals surface area contributed by atoms with Gasteiger partial charge in [0.2, 0.25) is 0 Å². The number of carbonyl (C=O) groups is 1. The van der Waals surface area contributed by atoms with Crippen molar-refractivity contribution in [2.75, 3.05) is 30.8 Å². The first kappa shape index (κ1) is 14.4. The molecule has 0 aliphatic heterocycles. The van der Waals surface area contributed by atoms with Crippen LogP contribution in [0.15, 0.2) is 36.4 Å². The lowest BCUT2D eigenvalue weighted by molar-refractivity contribution is 0.0959. The Hall–Kier alpha value is -2.01. The quantitative estimate of drug-likeness (QED) is 0.889. The zero-order chi connectivity index (χ0) is 14.5. The molecule has 2 rings (SSSR count). The topological polar surface area (TPSA) is 58.4 Å². The highest BCUT2D eigenvalue weighted by atomic mass is 32.1. The van der Waals surface area contributed by atoms with Gasteiger partial charge in [-0.1, -0.05) is 18.2 Å². The monoisotopic (exact) mass is 289 g/mol. The van der Waals surface area contributed by atoms with Crippen LogP contribution in [0.4, 0.5) is 11.4 Å². The van der Waals surface area contributed by atoms with E-state index in [9.17, 15) is 4.79 Å². The maximum atomic E-state index is 12.0. The fourth-order valence-corrected chi connectivity index (χ4v) is 2.70. The van der Waals surface area contributed by atoms with E-state index in [4.69, 9.17) is 5.73 Å². The van der Waals surface area contributed by atoms with Crippen LogP contribution in [0, 0.1) is 6.92 Å². The number of aryl methyl sites for hydroxylation is 1. The van der Waals surface area contributed by atoms with Gasteiger partial charge in [0.25, 0.3) is 5.91 Å². The Bertz CT molecular complexity index is 561. The van der Waals surface area contributed by atoms with Crippen molar-refractivity contribution in [1.82, 2.24) is 5.32 Å². The summed E-state index contributed by atoms with van der Waals surface area (Å²) < 4.78 is 0. The number of hydrogen-bond donors (Lipinski definition) is 2. The second kappa shape index (κ2) is 6.43. The van der Waals surface area contributed by atoms with E-state index in [1.807, 2.05) is 44.3 Å². The number of thiophene rings is 1. The molecule has 1 heterocycles. The molecule has 0 aliphatic rings. The van der Waals surface area contributed by atoms with E-state index in [0.717, 1.165) is 17.1 Å². The maximum Gasteiger partial charge on any atom is 0.261 e. The molecule has 0 radical (unpaired) electrons. The summed E-state index contributed by atoms with van der Waals surface area (Å²) in [5.74, 6) is -0.0590. The molecule has 4 nitrogen and oxygen atoms in total. The number of hydrogen-bond acceptors (Lipinski definition) is 4. The number of nitrogens with two attached hydrogens (primary N) is 1. The fraction of sp³-hybridized carbons (Fsp3) is 0.267. The van der Waals surface area contributed by atoms with Gasteiger partial charge in [-0.15, -0.1) is 11.3 Å². The lowest BCUT2D eigenvalue weighted by Crippen LogP contribution is -2.32. The number of rotatable bonds is 5. The van der Waals surface area contributed by atoms with Gasteiger partial charge in [-0.05, 0) is 25.1 Å². The zero-order valence-electron chi connectivity index (χ0n) is 11.7. The number of benzene rings is 1. The first-order valence-electron chi connectivity index (χ1n) is 6.48. The van der Waals surface area contributed by atoms with Crippen LogP contribution in [-0.4, -0.2) is 26.0 Å². The van der Waals surface area contributed by atoms with Crippen molar-refractivity contribution in [3.8, 4) is 0 Å². The second-order valence-electron chi connectivity index (χ2n) is 4.64. The van der Waals surface area contributed by atoms with Crippen LogP contribution in [0.2, 0.25) is 0 Å². The number of likely N-dealkylation sites (N-methyl/N-ethyl adjacent to an activating group) is 1. The Morgan fingerprint density at radius 1 is 1.35 bits per heavy atom. The van der Waals surface area contributed by atoms with Crippen LogP contribution in [0.25, 0.3) is 0 Å². The van der Waals surface area contributed by atoms with Crippen molar-refractivity contribution in [2.24, 2.45) is 0 Å². The molecular formula is C15H19N3OS. The average molecular weight is 289 g/mol. The van der Waals surface area contributed by atoms with E-state index < -0.39 is 0 Å². The van der Waals surface area contributed by atoms with E-state index in [-0.39, 0.29) is 5.91 Å². The molecule has 0 saturated carbocycles. The number of nitrogens with one attached hydrogen (secondary N) is 1. The summed E-state index contributed by atoms with van der Waals surface area (Å²) in [6.07, 6.45) is 0. The van der Waals surface area contributed by atoms with Gasteiger partial charge in [-0.3, -0.25) is 4.79 Å². The minimum absolute atomic E-state index is 0.0590. The summed E-state index contributed by atoms with van der Waals surface area (Å²) in [6.45, 7) is 3.27. The van der Waals surface area contributed by atoms with Gasteiger partial charge in [-0.25, -0.2) is 0 Å². The summed E-state index contributed by atoms with van der Waals surface area (Å²) in [5.41, 5.74) is 7.57. The third kappa shape index (κ3) is 3.51. The van der Waals surface area contributed by atoms with E-state index in [1.54, 1.807) is 6.07 Å². The molecule has 1 aromatic carbocycles. The highest BCUT2D eigenvalue weighted by Crippen LogP contribution is 2.23. The average Bonchev–Trinajstić information content (AvgIpc) is 2.79. The summed E-state index contributed by atoms with van der Waals surface area (Å²) in [6, 6.07) is 11.8. The number of para-hydroxylation sites is 1. The number of anilines is 2. The van der Waals surface area contributed by atoms with Crippen LogP contribution in [0.3, 0.4) is 0 Å². The van der Waals surface area contributed by atoms with Gasteiger partial charge in [0.15, 0.2) is 0 Å². The number of nitrogens with zero attached hydrogens (tertiary/aromatic N) is 1. The van der Waals surface area contributed by atoms with Crippen molar-refractivity contribution in [1.29, 1.82) is 0 Å². The lowest BCUT2D eigenvalue weighted by atomic mass is 10.3. The highest BCUT2D eigenvalue weighted by molar-refractivity contribution is 7.14. The standard InChI is InChI=1S/C15H19N3OS/c1-11-13(16)10-14(20-11)15(19)17-8-9-18(2)12-6-4-3-5-7-12/h3-7,10H,8-9,16H2,1-2H3,(H,17,19). The van der Waals surface area contributed by atoms with Crippen molar-refractivity contribution < 1.29 is 4.79 Å². The summed E-state index contributed by atoms with van der Waals surface area (Å²) in [5, 5.41) is 2.91. The van der Waals surface area contributed by atoms with Gasteiger partial charge in [0, 0.05) is 36.4 Å². The summed E-state index contributed by atoms with van der Waals surface area (Å²) in [7, 11) is 2.01. The molecule has 0 unspecified atom stereocenters. The normalized spacial score (nSPS) is 10.3. The molecule has 0 bridgehead atoms. The minimum atomic E-state index is -0.0590. The first-order valence-corrected chi connectivity index (χ1v) is 7.30. The lowest BCUT2D eigenvalue weighted by Gasteiger charge is -2.19. The molecule has 1 amide bonds. The van der Waals surface area contributed by atoms with Crippen molar-refractivity contribution in [3.63, 3.8) is 0 Å². The van der Waals surface area contributed by atoms with Gasteiger partial charge in [0.05, 0.1) is 4.88 Å². The second-order valence-corrected chi connectivity index (χ2v) is 5.89. The van der Waals surface area contributed by atoms with Crippen LogP contribution in [0.5, 0.6) is 0 Å². The molecule has 0 saturated heterocycles. The van der Waals surface area contributed by atoms with Crippen molar-refractivity contribution in [2.45, 2.75) is 6.92 Å². The molecule has 1 aromatic heterocycles. The Balaban J connectivity index is 1.82. The van der Waals surface area contributed by atoms with E-state index >= 15 is 0 Å². The maximum absolute atomic E-state index is 12.0. The van der Waals surface area contributed by atoms with E-state index in [2.05, 4.69) is 10.2 Å². The van der Waals surface area contributed by atoms with Crippen LogP contribution >= 0.6 is 11.3 Å². The molecule has 5 heteroatoms. The van der Waals surface area contributed by atoms with E-state index in [0.29, 0.717) is 17.1 Å². The summed E-state index contributed by atoms with van der Waals surface area (Å²) >= 11 is 1.43. The zero-order valence-corrected chi connectivity index (χ0v) is 12.5. The number of carbonyl (C=O) groups excluding carboxylic acids is 1. The minimum Gasteiger partial charge on any atom is -0.398 e. The predicted molar refractivity (Wildman–Crippen MR) is 85.5 cm³/mol. The predicted octanol–water partition coefficient (Wildman–Crippen LogP) is 2.50. The van der Waals surface area contributed by atoms with Gasteiger partial charge in [-0.2, -0.15) is 0 Å². The van der Waals surface area contributed by atoms with Crippen molar-refractivity contribution in [3.05, 3.63) is 46.2 Å². The molecule has 20 heavy (non-hydrogen) atoms. The van der Waals surface area contributed by atoms with E-state index in [1.165, 1.54) is 11.3 Å². The number of nitrogen functional groups attached to an aromatic ring is 1. The molecule has 0 aliphatic carbocycles. The smallest absolute Gasteiger partial charge is 0.261 e. The van der Waals surface area contributed by atoms with Crippen LogP contribution in [-0.2, 0) is 0 Å². The largest absolute Gasteiger partial charge is 0.398 e. The molecule has 0 spiro atoms. The first-order chi connectivity index (χ1) is 9.58.